The molecule has 132 valence electrons. The number of rotatable bonds is 4. The second-order valence-corrected chi connectivity index (χ2v) is 8.03. The van der Waals surface area contributed by atoms with E-state index < -0.39 is 23.3 Å². The molecule has 1 amide bonds. The largest absolute Gasteiger partial charge is 0.458 e. The predicted octanol–water partition coefficient (Wildman–Crippen LogP) is 4.06. The molecule has 0 saturated carbocycles. The molecule has 0 unspecified atom stereocenters. The monoisotopic (exact) mass is 325 g/mol. The van der Waals surface area contributed by atoms with Crippen molar-refractivity contribution < 1.29 is 19.1 Å². The lowest BCUT2D eigenvalue weighted by Crippen LogP contribution is -2.48. The molecular formula is C18H31NO4. The number of likely N-dealkylation sites (tertiary alicyclic amines) is 1. The molecule has 1 fully saturated rings. The molecule has 1 rings (SSSR count). The number of carbonyl (C=O) groups is 2. The van der Waals surface area contributed by atoms with E-state index >= 15 is 0 Å². The van der Waals surface area contributed by atoms with E-state index in [9.17, 15) is 9.59 Å². The molecule has 23 heavy (non-hydrogen) atoms. The number of nitrogens with zero attached hydrogens (tertiary/aromatic N) is 1. The predicted molar refractivity (Wildman–Crippen MR) is 90.2 cm³/mol. The van der Waals surface area contributed by atoms with E-state index in [2.05, 4.69) is 6.58 Å². The number of allylic oxidation sites excluding steroid dienone is 1. The van der Waals surface area contributed by atoms with Gasteiger partial charge in [-0.15, -0.1) is 6.58 Å². The van der Waals surface area contributed by atoms with Crippen molar-refractivity contribution in [1.29, 1.82) is 0 Å². The molecule has 0 N–H and O–H groups in total. The van der Waals surface area contributed by atoms with E-state index in [0.717, 1.165) is 19.3 Å². The average Bonchev–Trinajstić information content (AvgIpc) is 2.75. The minimum Gasteiger partial charge on any atom is -0.458 e. The van der Waals surface area contributed by atoms with Crippen LogP contribution in [0.3, 0.4) is 0 Å². The van der Waals surface area contributed by atoms with E-state index in [0.29, 0.717) is 6.42 Å². The Bertz CT molecular complexity index is 445. The highest BCUT2D eigenvalue weighted by atomic mass is 16.6. The standard InChI is InChI=1S/C18H31NO4/c1-8-9-10-13-11-12-14(15(20)22-17(2,3)4)19(13)16(21)23-18(5,6)7/h8,13-14H,1,9-12H2,2-7H3/t13-,14+/m1/s1. The van der Waals surface area contributed by atoms with Crippen LogP contribution in [-0.4, -0.2) is 40.2 Å². The fraction of sp³-hybridized carbons (Fsp3) is 0.778. The zero-order chi connectivity index (χ0) is 17.8. The van der Waals surface area contributed by atoms with E-state index in [1.165, 1.54) is 0 Å². The molecule has 0 aromatic rings. The second kappa shape index (κ2) is 7.37. The highest BCUT2D eigenvalue weighted by molar-refractivity contribution is 5.82. The van der Waals surface area contributed by atoms with Gasteiger partial charge in [0.15, 0.2) is 0 Å². The Hall–Kier alpha value is -1.52. The van der Waals surface area contributed by atoms with Gasteiger partial charge in [0.1, 0.15) is 17.2 Å². The first-order valence-corrected chi connectivity index (χ1v) is 8.29. The SMILES string of the molecule is C=CCC[C@@H]1CC[C@@H](C(=O)OC(C)(C)C)N1C(=O)OC(C)(C)C. The summed E-state index contributed by atoms with van der Waals surface area (Å²) < 4.78 is 11.0. The number of esters is 1. The van der Waals surface area contributed by atoms with Crippen molar-refractivity contribution >= 4 is 12.1 Å². The molecule has 1 aliphatic heterocycles. The van der Waals surface area contributed by atoms with Gasteiger partial charge >= 0.3 is 12.1 Å². The molecule has 0 aromatic heterocycles. The summed E-state index contributed by atoms with van der Waals surface area (Å²) in [7, 11) is 0. The molecular weight excluding hydrogens is 294 g/mol. The van der Waals surface area contributed by atoms with Gasteiger partial charge in [-0.1, -0.05) is 6.08 Å². The summed E-state index contributed by atoms with van der Waals surface area (Å²) in [4.78, 5) is 26.6. The zero-order valence-corrected chi connectivity index (χ0v) is 15.3. The molecule has 0 aliphatic carbocycles. The number of hydrogen-bond acceptors (Lipinski definition) is 4. The van der Waals surface area contributed by atoms with Crippen molar-refractivity contribution in [3.8, 4) is 0 Å². The molecule has 5 nitrogen and oxygen atoms in total. The van der Waals surface area contributed by atoms with Crippen molar-refractivity contribution in [3.05, 3.63) is 12.7 Å². The van der Waals surface area contributed by atoms with Gasteiger partial charge in [-0.2, -0.15) is 0 Å². The van der Waals surface area contributed by atoms with Crippen molar-refractivity contribution in [3.63, 3.8) is 0 Å². The van der Waals surface area contributed by atoms with Crippen LogP contribution in [0.25, 0.3) is 0 Å². The van der Waals surface area contributed by atoms with Crippen LogP contribution in [0.2, 0.25) is 0 Å². The molecule has 0 radical (unpaired) electrons. The van der Waals surface area contributed by atoms with Gasteiger partial charge in [0.25, 0.3) is 0 Å². The maximum Gasteiger partial charge on any atom is 0.411 e. The third-order valence-corrected chi connectivity index (χ3v) is 3.49. The lowest BCUT2D eigenvalue weighted by Gasteiger charge is -2.33. The Morgan fingerprint density at radius 2 is 1.65 bits per heavy atom. The Labute approximate surface area is 140 Å². The lowest BCUT2D eigenvalue weighted by atomic mass is 10.1. The van der Waals surface area contributed by atoms with Crippen LogP contribution in [0.15, 0.2) is 12.7 Å². The highest BCUT2D eigenvalue weighted by Gasteiger charge is 2.44. The fourth-order valence-electron chi connectivity index (χ4n) is 2.67. The fourth-order valence-corrected chi connectivity index (χ4v) is 2.67. The first-order valence-electron chi connectivity index (χ1n) is 8.29. The molecule has 0 bridgehead atoms. The van der Waals surface area contributed by atoms with Crippen LogP contribution in [0.5, 0.6) is 0 Å². The van der Waals surface area contributed by atoms with Crippen LogP contribution in [0.1, 0.15) is 67.2 Å². The first kappa shape index (κ1) is 19.5. The van der Waals surface area contributed by atoms with Gasteiger partial charge in [0.05, 0.1) is 0 Å². The molecule has 1 saturated heterocycles. The highest BCUT2D eigenvalue weighted by Crippen LogP contribution is 2.31. The van der Waals surface area contributed by atoms with E-state index in [4.69, 9.17) is 9.47 Å². The topological polar surface area (TPSA) is 55.8 Å². The number of carbonyl (C=O) groups excluding carboxylic acids is 2. The third-order valence-electron chi connectivity index (χ3n) is 3.49. The molecule has 0 aromatic carbocycles. The Kier molecular flexibility index (Phi) is 6.25. The number of amides is 1. The lowest BCUT2D eigenvalue weighted by molar-refractivity contribution is -0.160. The number of hydrogen-bond donors (Lipinski definition) is 0. The number of ether oxygens (including phenoxy) is 2. The normalized spacial score (nSPS) is 21.9. The van der Waals surface area contributed by atoms with Gasteiger partial charge in [-0.05, 0) is 67.2 Å². The molecule has 1 aliphatic rings. The Balaban J connectivity index is 2.93. The third kappa shape index (κ3) is 6.24. The average molecular weight is 325 g/mol. The Morgan fingerprint density at radius 1 is 1.09 bits per heavy atom. The summed E-state index contributed by atoms with van der Waals surface area (Å²) in [6.07, 6.45) is 4.34. The zero-order valence-electron chi connectivity index (χ0n) is 15.3. The van der Waals surface area contributed by atoms with Crippen molar-refractivity contribution in [1.82, 2.24) is 4.90 Å². The molecule has 5 heteroatoms. The van der Waals surface area contributed by atoms with Crippen LogP contribution in [0.4, 0.5) is 4.79 Å². The minimum absolute atomic E-state index is 0.0135. The summed E-state index contributed by atoms with van der Waals surface area (Å²) in [5.74, 6) is -0.357. The summed E-state index contributed by atoms with van der Waals surface area (Å²) in [6.45, 7) is 14.7. The van der Waals surface area contributed by atoms with Crippen molar-refractivity contribution in [2.75, 3.05) is 0 Å². The van der Waals surface area contributed by atoms with Crippen molar-refractivity contribution in [2.45, 2.75) is 90.5 Å². The van der Waals surface area contributed by atoms with Gasteiger partial charge < -0.3 is 9.47 Å². The Morgan fingerprint density at radius 3 is 2.13 bits per heavy atom. The van der Waals surface area contributed by atoms with Crippen LogP contribution in [-0.2, 0) is 14.3 Å². The van der Waals surface area contributed by atoms with Crippen LogP contribution >= 0.6 is 0 Å². The van der Waals surface area contributed by atoms with E-state index in [-0.39, 0.29) is 12.0 Å². The van der Waals surface area contributed by atoms with Crippen LogP contribution < -0.4 is 0 Å². The molecule has 1 heterocycles. The molecule has 2 atom stereocenters. The maximum absolute atomic E-state index is 12.6. The minimum atomic E-state index is -0.596. The van der Waals surface area contributed by atoms with E-state index in [1.54, 1.807) is 4.90 Å². The molecule has 0 spiro atoms. The second-order valence-electron chi connectivity index (χ2n) is 8.03. The van der Waals surface area contributed by atoms with Gasteiger partial charge in [-0.25, -0.2) is 9.59 Å². The summed E-state index contributed by atoms with van der Waals surface area (Å²) >= 11 is 0. The maximum atomic E-state index is 12.6. The van der Waals surface area contributed by atoms with Crippen molar-refractivity contribution in [2.24, 2.45) is 0 Å². The van der Waals surface area contributed by atoms with Gasteiger partial charge in [0.2, 0.25) is 0 Å². The first-order chi connectivity index (χ1) is 10.4. The summed E-state index contributed by atoms with van der Waals surface area (Å²) in [5.41, 5.74) is -1.17. The van der Waals surface area contributed by atoms with Gasteiger partial charge in [-0.3, -0.25) is 4.90 Å². The quantitative estimate of drug-likeness (QED) is 0.578. The summed E-state index contributed by atoms with van der Waals surface area (Å²) in [6, 6.07) is -0.584. The van der Waals surface area contributed by atoms with E-state index in [1.807, 2.05) is 47.6 Å². The van der Waals surface area contributed by atoms with Crippen LogP contribution in [0, 0.1) is 0 Å². The van der Waals surface area contributed by atoms with Gasteiger partial charge in [0, 0.05) is 6.04 Å². The summed E-state index contributed by atoms with van der Waals surface area (Å²) in [5, 5.41) is 0. The smallest absolute Gasteiger partial charge is 0.411 e.